The number of halogens is 1. The summed E-state index contributed by atoms with van der Waals surface area (Å²) in [5, 5.41) is 14.5. The largest absolute Gasteiger partial charge is 0.478 e. The van der Waals surface area contributed by atoms with Gasteiger partial charge in [-0.05, 0) is 37.1 Å². The Morgan fingerprint density at radius 1 is 1.21 bits per heavy atom. The van der Waals surface area contributed by atoms with Gasteiger partial charge in [-0.3, -0.25) is 0 Å². The Labute approximate surface area is 165 Å². The summed E-state index contributed by atoms with van der Waals surface area (Å²) >= 11 is 0. The summed E-state index contributed by atoms with van der Waals surface area (Å²) in [5.74, 6) is -1.96. The van der Waals surface area contributed by atoms with Gasteiger partial charge in [0, 0.05) is 30.5 Å². The molecule has 2 aromatic carbocycles. The summed E-state index contributed by atoms with van der Waals surface area (Å²) in [7, 11) is 1.27. The molecule has 3 aromatic rings. The van der Waals surface area contributed by atoms with Crippen molar-refractivity contribution in [3.05, 3.63) is 59.0 Å². The molecule has 0 saturated carbocycles. The number of carboxylic acids is 1. The molecule has 0 radical (unpaired) electrons. The highest BCUT2D eigenvalue weighted by atomic mass is 19.1. The number of benzene rings is 2. The van der Waals surface area contributed by atoms with E-state index in [-0.39, 0.29) is 22.9 Å². The van der Waals surface area contributed by atoms with E-state index >= 15 is 0 Å². The van der Waals surface area contributed by atoms with Crippen LogP contribution in [0.3, 0.4) is 0 Å². The topological polar surface area (TPSA) is 92.9 Å². The first-order valence-electron chi connectivity index (χ1n) is 9.24. The number of carboxylic acid groups (broad SMARTS) is 1. The van der Waals surface area contributed by atoms with Crippen molar-refractivity contribution in [1.29, 1.82) is 0 Å². The molecule has 29 heavy (non-hydrogen) atoms. The van der Waals surface area contributed by atoms with E-state index in [0.29, 0.717) is 37.2 Å². The molecular weight excluding hydrogens is 379 g/mol. The number of nitrogens with zero attached hydrogens (tertiary/aromatic N) is 2. The lowest BCUT2D eigenvalue weighted by Gasteiger charge is -2.34. The number of para-hydroxylation sites is 1. The first-order chi connectivity index (χ1) is 14.0. The SMILES string of the molecule is COC(=O)c1cccc(C(=O)O)c1N1CCC(c2noc3cc(F)ccc23)CC1. The molecule has 0 spiro atoms. The Bertz CT molecular complexity index is 1090. The minimum Gasteiger partial charge on any atom is -0.478 e. The molecule has 8 heteroatoms. The van der Waals surface area contributed by atoms with E-state index < -0.39 is 11.9 Å². The number of methoxy groups -OCH3 is 1. The molecule has 1 fully saturated rings. The van der Waals surface area contributed by atoms with Crippen LogP contribution in [0.2, 0.25) is 0 Å². The molecule has 1 saturated heterocycles. The first kappa shape index (κ1) is 18.9. The van der Waals surface area contributed by atoms with Crippen LogP contribution in [-0.4, -0.2) is 42.4 Å². The van der Waals surface area contributed by atoms with E-state index in [2.05, 4.69) is 5.16 Å². The maximum Gasteiger partial charge on any atom is 0.339 e. The Hall–Kier alpha value is -3.42. The van der Waals surface area contributed by atoms with Crippen LogP contribution >= 0.6 is 0 Å². The lowest BCUT2D eigenvalue weighted by atomic mass is 9.90. The molecule has 1 aromatic heterocycles. The van der Waals surface area contributed by atoms with E-state index in [4.69, 9.17) is 9.26 Å². The summed E-state index contributed by atoms with van der Waals surface area (Å²) < 4.78 is 23.5. The van der Waals surface area contributed by atoms with Gasteiger partial charge in [0.1, 0.15) is 5.82 Å². The molecule has 2 heterocycles. The van der Waals surface area contributed by atoms with Crippen LogP contribution in [0.15, 0.2) is 40.9 Å². The lowest BCUT2D eigenvalue weighted by molar-refractivity contribution is 0.0601. The smallest absolute Gasteiger partial charge is 0.339 e. The van der Waals surface area contributed by atoms with Gasteiger partial charge in [-0.2, -0.15) is 0 Å². The van der Waals surface area contributed by atoms with Gasteiger partial charge >= 0.3 is 11.9 Å². The van der Waals surface area contributed by atoms with E-state index in [9.17, 15) is 19.1 Å². The normalized spacial score (nSPS) is 14.9. The highest BCUT2D eigenvalue weighted by Gasteiger charge is 2.30. The second-order valence-electron chi connectivity index (χ2n) is 6.97. The molecule has 0 unspecified atom stereocenters. The van der Waals surface area contributed by atoms with Gasteiger partial charge < -0.3 is 19.3 Å². The number of aromatic carboxylic acids is 1. The van der Waals surface area contributed by atoms with Crippen LogP contribution in [0.5, 0.6) is 0 Å². The summed E-state index contributed by atoms with van der Waals surface area (Å²) in [4.78, 5) is 25.8. The number of aromatic nitrogens is 1. The Kier molecular flexibility index (Phi) is 4.92. The third-order valence-corrected chi connectivity index (χ3v) is 5.33. The number of anilines is 1. The molecule has 1 aliphatic heterocycles. The number of hydrogen-bond acceptors (Lipinski definition) is 6. The van der Waals surface area contributed by atoms with Gasteiger partial charge in [0.05, 0.1) is 29.6 Å². The quantitative estimate of drug-likeness (QED) is 0.668. The molecule has 0 atom stereocenters. The highest BCUT2D eigenvalue weighted by Crippen LogP contribution is 2.36. The predicted molar refractivity (Wildman–Crippen MR) is 103 cm³/mol. The van der Waals surface area contributed by atoms with Crippen molar-refractivity contribution in [1.82, 2.24) is 5.16 Å². The molecule has 4 rings (SSSR count). The molecule has 0 aliphatic carbocycles. The molecule has 150 valence electrons. The van der Waals surface area contributed by atoms with Crippen molar-refractivity contribution >= 4 is 28.6 Å². The minimum atomic E-state index is -1.10. The van der Waals surface area contributed by atoms with Gasteiger partial charge in [-0.15, -0.1) is 0 Å². The Morgan fingerprint density at radius 3 is 2.62 bits per heavy atom. The van der Waals surface area contributed by atoms with E-state index in [1.54, 1.807) is 12.1 Å². The number of carbonyl (C=O) groups is 2. The summed E-state index contributed by atoms with van der Waals surface area (Å²) in [6.07, 6.45) is 1.38. The van der Waals surface area contributed by atoms with Crippen LogP contribution in [0.25, 0.3) is 11.0 Å². The van der Waals surface area contributed by atoms with Crippen molar-refractivity contribution in [2.24, 2.45) is 0 Å². The number of ether oxygens (including phenoxy) is 1. The number of rotatable bonds is 4. The molecule has 1 aliphatic rings. The molecule has 0 bridgehead atoms. The van der Waals surface area contributed by atoms with Crippen molar-refractivity contribution in [3.63, 3.8) is 0 Å². The Morgan fingerprint density at radius 2 is 1.93 bits per heavy atom. The van der Waals surface area contributed by atoms with Gasteiger partial charge in [0.2, 0.25) is 0 Å². The standard InChI is InChI=1S/C21H19FN2O5/c1-28-21(27)16-4-2-3-15(20(25)26)19(16)24-9-7-12(8-10-24)18-14-6-5-13(22)11-17(14)29-23-18/h2-6,11-12H,7-10H2,1H3,(H,25,26). The fourth-order valence-corrected chi connectivity index (χ4v) is 3.93. The number of hydrogen-bond donors (Lipinski definition) is 1. The molecule has 1 N–H and O–H groups in total. The van der Waals surface area contributed by atoms with Crippen LogP contribution in [0.1, 0.15) is 45.2 Å². The number of fused-ring (bicyclic) bond motifs is 1. The van der Waals surface area contributed by atoms with Crippen molar-refractivity contribution in [2.45, 2.75) is 18.8 Å². The third kappa shape index (κ3) is 3.41. The fourth-order valence-electron chi connectivity index (χ4n) is 3.93. The molecular formula is C21H19FN2O5. The van der Waals surface area contributed by atoms with Gasteiger partial charge in [0.25, 0.3) is 0 Å². The van der Waals surface area contributed by atoms with Crippen LogP contribution < -0.4 is 4.90 Å². The van der Waals surface area contributed by atoms with Crippen molar-refractivity contribution in [3.8, 4) is 0 Å². The zero-order chi connectivity index (χ0) is 20.5. The van der Waals surface area contributed by atoms with Gasteiger partial charge in [-0.1, -0.05) is 11.2 Å². The van der Waals surface area contributed by atoms with Gasteiger partial charge in [-0.25, -0.2) is 14.0 Å². The Balaban J connectivity index is 1.61. The average molecular weight is 398 g/mol. The maximum atomic E-state index is 13.4. The highest BCUT2D eigenvalue weighted by molar-refractivity contribution is 6.04. The zero-order valence-electron chi connectivity index (χ0n) is 15.7. The van der Waals surface area contributed by atoms with Gasteiger partial charge in [0.15, 0.2) is 5.58 Å². The minimum absolute atomic E-state index is 0.0636. The fraction of sp³-hybridized carbons (Fsp3) is 0.286. The van der Waals surface area contributed by atoms with E-state index in [1.165, 1.54) is 31.4 Å². The average Bonchev–Trinajstić information content (AvgIpc) is 3.15. The summed E-state index contributed by atoms with van der Waals surface area (Å²) in [5.41, 5.74) is 1.85. The number of carbonyl (C=O) groups excluding carboxylic acids is 1. The van der Waals surface area contributed by atoms with Crippen LogP contribution in [0, 0.1) is 5.82 Å². The summed E-state index contributed by atoms with van der Waals surface area (Å²) in [6, 6.07) is 8.94. The van der Waals surface area contributed by atoms with Crippen molar-refractivity contribution < 1.29 is 28.3 Å². The lowest BCUT2D eigenvalue weighted by Crippen LogP contribution is -2.35. The van der Waals surface area contributed by atoms with E-state index in [0.717, 1.165) is 11.1 Å². The monoisotopic (exact) mass is 398 g/mol. The van der Waals surface area contributed by atoms with Crippen LogP contribution in [0.4, 0.5) is 10.1 Å². The van der Waals surface area contributed by atoms with E-state index in [1.807, 2.05) is 4.90 Å². The second kappa shape index (κ2) is 7.54. The third-order valence-electron chi connectivity index (χ3n) is 5.33. The maximum absolute atomic E-state index is 13.4. The molecule has 0 amide bonds. The molecule has 7 nitrogen and oxygen atoms in total. The second-order valence-corrected chi connectivity index (χ2v) is 6.97. The zero-order valence-corrected chi connectivity index (χ0v) is 15.7. The first-order valence-corrected chi connectivity index (χ1v) is 9.24. The number of esters is 1. The van der Waals surface area contributed by atoms with Crippen LogP contribution in [-0.2, 0) is 4.74 Å². The predicted octanol–water partition coefficient (Wildman–Crippen LogP) is 3.84. The number of piperidine rings is 1. The summed E-state index contributed by atoms with van der Waals surface area (Å²) in [6.45, 7) is 1.07. The van der Waals surface area contributed by atoms with Crippen molar-refractivity contribution in [2.75, 3.05) is 25.1 Å².